The fourth-order valence-corrected chi connectivity index (χ4v) is 4.69. The first-order chi connectivity index (χ1) is 15.0. The molecule has 2 fully saturated rings. The van der Waals surface area contributed by atoms with Crippen LogP contribution >= 0.6 is 0 Å². The van der Waals surface area contributed by atoms with E-state index in [1.807, 2.05) is 47.4 Å². The molecule has 6 nitrogen and oxygen atoms in total. The number of nitrogens with zero attached hydrogens (tertiary/aromatic N) is 2. The minimum absolute atomic E-state index is 0.0166. The molecule has 1 atom stereocenters. The molecule has 0 aromatic heterocycles. The van der Waals surface area contributed by atoms with E-state index in [-0.39, 0.29) is 23.3 Å². The van der Waals surface area contributed by atoms with Crippen molar-refractivity contribution >= 4 is 22.6 Å². The number of likely N-dealkylation sites (tertiary alicyclic amines) is 1. The van der Waals surface area contributed by atoms with Gasteiger partial charge in [-0.2, -0.15) is 0 Å². The molecule has 31 heavy (non-hydrogen) atoms. The second-order valence-corrected chi connectivity index (χ2v) is 9.25. The van der Waals surface area contributed by atoms with Crippen LogP contribution in [0.5, 0.6) is 0 Å². The Bertz CT molecular complexity index is 931. The molecule has 0 saturated carbocycles. The number of carbonyl (C=O) groups excluding carboxylic acids is 2. The summed E-state index contributed by atoms with van der Waals surface area (Å²) in [6, 6.07) is 13.8. The van der Waals surface area contributed by atoms with Crippen molar-refractivity contribution in [2.24, 2.45) is 5.92 Å². The molecule has 2 amide bonds. The molecule has 4 rings (SSSR count). The molecule has 6 heteroatoms. The maximum absolute atomic E-state index is 13.3. The maximum Gasteiger partial charge on any atom is 0.254 e. The number of piperidine rings is 1. The summed E-state index contributed by atoms with van der Waals surface area (Å²) >= 11 is 0. The molecular weight excluding hydrogens is 390 g/mol. The van der Waals surface area contributed by atoms with Crippen LogP contribution < -0.4 is 5.32 Å². The summed E-state index contributed by atoms with van der Waals surface area (Å²) in [7, 11) is 0. The number of carbonyl (C=O) groups is 2. The largest absolute Gasteiger partial charge is 0.379 e. The molecule has 2 aromatic carbocycles. The first-order valence-electron chi connectivity index (χ1n) is 11.3. The molecular formula is C25H33N3O3. The molecule has 0 radical (unpaired) electrons. The van der Waals surface area contributed by atoms with Gasteiger partial charge in [-0.1, -0.05) is 36.4 Å². The van der Waals surface area contributed by atoms with Gasteiger partial charge in [-0.05, 0) is 43.5 Å². The Balaban J connectivity index is 1.38. The number of hydrogen-bond donors (Lipinski definition) is 1. The number of ether oxygens (including phenoxy) is 1. The van der Waals surface area contributed by atoms with Crippen LogP contribution in [-0.2, 0) is 9.53 Å². The molecule has 1 N–H and O–H groups in total. The number of fused-ring (bicyclic) bond motifs is 1. The highest BCUT2D eigenvalue weighted by atomic mass is 16.5. The summed E-state index contributed by atoms with van der Waals surface area (Å²) in [6.07, 6.45) is 1.67. The predicted octanol–water partition coefficient (Wildman–Crippen LogP) is 2.92. The lowest BCUT2D eigenvalue weighted by Crippen LogP contribution is -2.56. The quantitative estimate of drug-likeness (QED) is 0.803. The van der Waals surface area contributed by atoms with E-state index in [2.05, 4.69) is 24.1 Å². The first-order valence-corrected chi connectivity index (χ1v) is 11.3. The van der Waals surface area contributed by atoms with Gasteiger partial charge in [0.2, 0.25) is 5.91 Å². The highest BCUT2D eigenvalue weighted by Crippen LogP contribution is 2.24. The fraction of sp³-hybridized carbons (Fsp3) is 0.520. The minimum Gasteiger partial charge on any atom is -0.379 e. The summed E-state index contributed by atoms with van der Waals surface area (Å²) in [5.74, 6) is -0.0899. The van der Waals surface area contributed by atoms with Crippen molar-refractivity contribution in [3.63, 3.8) is 0 Å². The van der Waals surface area contributed by atoms with Crippen LogP contribution in [0.2, 0.25) is 0 Å². The Labute approximate surface area is 184 Å². The van der Waals surface area contributed by atoms with Gasteiger partial charge in [-0.25, -0.2) is 0 Å². The van der Waals surface area contributed by atoms with Gasteiger partial charge >= 0.3 is 0 Å². The average molecular weight is 424 g/mol. The highest BCUT2D eigenvalue weighted by Gasteiger charge is 2.32. The van der Waals surface area contributed by atoms with E-state index in [0.29, 0.717) is 25.2 Å². The molecule has 2 aliphatic rings. The van der Waals surface area contributed by atoms with Crippen LogP contribution in [0.3, 0.4) is 0 Å². The van der Waals surface area contributed by atoms with Crippen molar-refractivity contribution in [1.82, 2.24) is 15.1 Å². The van der Waals surface area contributed by atoms with Crippen LogP contribution in [0.15, 0.2) is 42.5 Å². The number of benzene rings is 2. The lowest BCUT2D eigenvalue weighted by atomic mass is 9.95. The van der Waals surface area contributed by atoms with Crippen molar-refractivity contribution < 1.29 is 14.3 Å². The molecule has 2 aromatic rings. The molecule has 166 valence electrons. The van der Waals surface area contributed by atoms with Crippen molar-refractivity contribution in [2.45, 2.75) is 32.2 Å². The average Bonchev–Trinajstić information content (AvgIpc) is 2.82. The van der Waals surface area contributed by atoms with Gasteiger partial charge in [0.25, 0.3) is 5.91 Å². The molecule has 2 aliphatic heterocycles. The maximum atomic E-state index is 13.3. The van der Waals surface area contributed by atoms with E-state index in [1.165, 1.54) is 0 Å². The van der Waals surface area contributed by atoms with Crippen LogP contribution in [0.4, 0.5) is 0 Å². The predicted molar refractivity (Wildman–Crippen MR) is 122 cm³/mol. The van der Waals surface area contributed by atoms with E-state index >= 15 is 0 Å². The van der Waals surface area contributed by atoms with Gasteiger partial charge < -0.3 is 15.0 Å². The van der Waals surface area contributed by atoms with E-state index in [4.69, 9.17) is 4.74 Å². The van der Waals surface area contributed by atoms with Crippen LogP contribution in [0.1, 0.15) is 37.0 Å². The smallest absolute Gasteiger partial charge is 0.254 e. The topological polar surface area (TPSA) is 61.9 Å². The zero-order valence-corrected chi connectivity index (χ0v) is 18.6. The first kappa shape index (κ1) is 21.8. The van der Waals surface area contributed by atoms with Gasteiger partial charge in [0.05, 0.1) is 19.1 Å². The van der Waals surface area contributed by atoms with Gasteiger partial charge in [0.15, 0.2) is 0 Å². The number of morpholine rings is 1. The van der Waals surface area contributed by atoms with E-state index in [9.17, 15) is 9.59 Å². The third-order valence-corrected chi connectivity index (χ3v) is 6.66. The highest BCUT2D eigenvalue weighted by molar-refractivity contribution is 6.07. The standard InChI is InChI=1S/C25H33N3O3/c1-25(2,28-13-15-31-16-14-28)18-26-23(29)20-9-6-12-27(17-20)24(30)22-11-5-8-19-7-3-4-10-21(19)22/h3-5,7-8,10-11,20H,6,9,12-18H2,1-2H3,(H,26,29)/t20-/m1/s1. The Morgan fingerprint density at radius 1 is 1.06 bits per heavy atom. The van der Waals surface area contributed by atoms with Gasteiger partial charge in [0.1, 0.15) is 0 Å². The van der Waals surface area contributed by atoms with E-state index < -0.39 is 0 Å². The normalized spacial score (nSPS) is 20.6. The van der Waals surface area contributed by atoms with Gasteiger partial charge in [-0.15, -0.1) is 0 Å². The van der Waals surface area contributed by atoms with Gasteiger partial charge in [0, 0.05) is 43.8 Å². The Hall–Kier alpha value is -2.44. The minimum atomic E-state index is -0.159. The monoisotopic (exact) mass is 423 g/mol. The van der Waals surface area contributed by atoms with Crippen molar-refractivity contribution in [3.05, 3.63) is 48.0 Å². The van der Waals surface area contributed by atoms with Crippen molar-refractivity contribution in [3.8, 4) is 0 Å². The molecule has 2 saturated heterocycles. The third-order valence-electron chi connectivity index (χ3n) is 6.66. The second-order valence-electron chi connectivity index (χ2n) is 9.25. The van der Waals surface area contributed by atoms with Crippen LogP contribution in [-0.4, -0.2) is 73.1 Å². The molecule has 2 heterocycles. The Morgan fingerprint density at radius 2 is 1.81 bits per heavy atom. The van der Waals surface area contributed by atoms with Gasteiger partial charge in [-0.3, -0.25) is 14.5 Å². The molecule has 0 aliphatic carbocycles. The summed E-state index contributed by atoms with van der Waals surface area (Å²) in [4.78, 5) is 30.5. The Kier molecular flexibility index (Phi) is 6.58. The number of rotatable bonds is 5. The Morgan fingerprint density at radius 3 is 2.61 bits per heavy atom. The zero-order chi connectivity index (χ0) is 21.8. The summed E-state index contributed by atoms with van der Waals surface area (Å²) < 4.78 is 5.45. The van der Waals surface area contributed by atoms with Crippen LogP contribution in [0.25, 0.3) is 10.8 Å². The number of amides is 2. The lowest BCUT2D eigenvalue weighted by molar-refractivity contribution is -0.127. The second kappa shape index (κ2) is 9.37. The van der Waals surface area contributed by atoms with Crippen molar-refractivity contribution in [2.75, 3.05) is 45.9 Å². The molecule has 0 bridgehead atoms. The molecule has 0 spiro atoms. The third kappa shape index (κ3) is 4.91. The number of hydrogen-bond acceptors (Lipinski definition) is 4. The summed E-state index contributed by atoms with van der Waals surface area (Å²) in [5.41, 5.74) is 0.597. The number of nitrogens with one attached hydrogen (secondary N) is 1. The zero-order valence-electron chi connectivity index (χ0n) is 18.6. The summed E-state index contributed by atoms with van der Waals surface area (Å²) in [6.45, 7) is 9.36. The van der Waals surface area contributed by atoms with E-state index in [0.717, 1.165) is 49.9 Å². The lowest BCUT2D eigenvalue weighted by Gasteiger charge is -2.41. The molecule has 0 unspecified atom stereocenters. The fourth-order valence-electron chi connectivity index (χ4n) is 4.69. The van der Waals surface area contributed by atoms with E-state index in [1.54, 1.807) is 0 Å². The van der Waals surface area contributed by atoms with Crippen molar-refractivity contribution in [1.29, 1.82) is 0 Å². The summed E-state index contributed by atoms with van der Waals surface area (Å²) in [5, 5.41) is 5.19. The SMILES string of the molecule is CC(C)(CNC(=O)[C@@H]1CCCN(C(=O)c2cccc3ccccc23)C1)N1CCOCC1. The van der Waals surface area contributed by atoms with Crippen LogP contribution in [0, 0.1) is 5.92 Å².